The molecular weight excluding hydrogens is 498 g/mol. The van der Waals surface area contributed by atoms with E-state index in [4.69, 9.17) is 13.0 Å². The summed E-state index contributed by atoms with van der Waals surface area (Å²) in [6, 6.07) is 21.8. The van der Waals surface area contributed by atoms with Gasteiger partial charge in [-0.15, -0.1) is 9.20 Å². The third kappa shape index (κ3) is 4.59. The van der Waals surface area contributed by atoms with Crippen molar-refractivity contribution in [3.05, 3.63) is 83.3 Å². The van der Waals surface area contributed by atoms with Crippen LogP contribution in [0.4, 0.5) is 23.2 Å². The monoisotopic (exact) mass is 519 g/mol. The molecule has 0 fully saturated rings. The fourth-order valence-corrected chi connectivity index (χ4v) is 4.09. The number of rotatable bonds is 2. The van der Waals surface area contributed by atoms with Crippen molar-refractivity contribution >= 4 is 49.2 Å². The third-order valence-corrected chi connectivity index (χ3v) is 6.32. The second-order valence-electron chi connectivity index (χ2n) is 8.31. The lowest BCUT2D eigenvalue weighted by Gasteiger charge is -2.11. The lowest BCUT2D eigenvalue weighted by Crippen LogP contribution is -2.34. The normalized spacial score (nSPS) is 12.8. The van der Waals surface area contributed by atoms with Gasteiger partial charge in [-0.25, -0.2) is 12.8 Å². The van der Waals surface area contributed by atoms with Crippen molar-refractivity contribution < 1.29 is 35.2 Å². The maximum absolute atomic E-state index is 14.1. The molecule has 0 spiro atoms. The van der Waals surface area contributed by atoms with Gasteiger partial charge >= 0.3 is 5.51 Å². The highest BCUT2D eigenvalue weighted by molar-refractivity contribution is 7.86. The SMILES string of the molecule is CN(C)c1ccc(/C=c2/c3cc(F)ccc3n3c2c2ccccc2[n+]3C)cc1.O=S(=O)([O-])C(F)(F)F. The standard InChI is InChI=1S/C24H21FN3.CHF3O3S/c1-26(2)18-11-8-16(9-12-18)14-21-20-15-17(25)10-13-23(20)28-24(21)19-6-4-5-7-22(19)27(28)3;2-1(3,4)8(5,6)7/h4-15H,1-3H3;(H,5,6,7)/q+1;/p-1. The zero-order valence-corrected chi connectivity index (χ0v) is 20.2. The first-order valence-corrected chi connectivity index (χ1v) is 12.0. The van der Waals surface area contributed by atoms with Crippen LogP contribution in [0.25, 0.3) is 33.4 Å². The van der Waals surface area contributed by atoms with Crippen LogP contribution in [0.2, 0.25) is 0 Å². The lowest BCUT2D eigenvalue weighted by atomic mass is 10.1. The molecule has 0 aliphatic rings. The molecule has 0 bridgehead atoms. The van der Waals surface area contributed by atoms with Crippen molar-refractivity contribution in [2.24, 2.45) is 7.05 Å². The molecule has 2 heterocycles. The second-order valence-corrected chi connectivity index (χ2v) is 9.68. The van der Waals surface area contributed by atoms with Crippen molar-refractivity contribution in [2.45, 2.75) is 5.51 Å². The summed E-state index contributed by atoms with van der Waals surface area (Å²) in [6.07, 6.45) is 2.16. The number of para-hydroxylation sites is 1. The topological polar surface area (TPSA) is 68.7 Å². The molecule has 2 aromatic heterocycles. The number of anilines is 1. The minimum atomic E-state index is -6.09. The Hall–Kier alpha value is -3.70. The predicted molar refractivity (Wildman–Crippen MR) is 129 cm³/mol. The molecule has 6 nitrogen and oxygen atoms in total. The molecule has 0 saturated carbocycles. The van der Waals surface area contributed by atoms with Gasteiger partial charge in [0.1, 0.15) is 16.9 Å². The van der Waals surface area contributed by atoms with Crippen LogP contribution in [0.5, 0.6) is 0 Å². The van der Waals surface area contributed by atoms with Crippen LogP contribution in [0.3, 0.4) is 0 Å². The number of alkyl halides is 3. The Morgan fingerprint density at radius 3 is 2.17 bits per heavy atom. The fraction of sp³-hybridized carbons (Fsp3) is 0.160. The fourth-order valence-electron chi connectivity index (χ4n) is 4.09. The molecule has 5 rings (SSSR count). The minimum absolute atomic E-state index is 0.217. The van der Waals surface area contributed by atoms with Crippen LogP contribution in [-0.4, -0.2) is 37.1 Å². The highest BCUT2D eigenvalue weighted by atomic mass is 32.2. The van der Waals surface area contributed by atoms with E-state index in [1.54, 1.807) is 6.07 Å². The highest BCUT2D eigenvalue weighted by Gasteiger charge is 2.36. The number of aryl methyl sites for hydroxylation is 1. The maximum Gasteiger partial charge on any atom is 0.485 e. The molecule has 0 N–H and O–H groups in total. The van der Waals surface area contributed by atoms with Gasteiger partial charge in [-0.3, -0.25) is 0 Å². The van der Waals surface area contributed by atoms with Crippen molar-refractivity contribution in [1.29, 1.82) is 0 Å². The summed E-state index contributed by atoms with van der Waals surface area (Å²) in [7, 11) is 0.0196. The Morgan fingerprint density at radius 1 is 0.972 bits per heavy atom. The van der Waals surface area contributed by atoms with Crippen LogP contribution in [0, 0.1) is 5.82 Å². The Balaban J connectivity index is 0.000000331. The Labute approximate surface area is 204 Å². The van der Waals surface area contributed by atoms with Crippen molar-refractivity contribution in [3.63, 3.8) is 0 Å². The van der Waals surface area contributed by atoms with Gasteiger partial charge in [0, 0.05) is 36.5 Å². The molecule has 3 aromatic carbocycles. The molecular formula is C25H21F4N3O3S. The predicted octanol–water partition coefficient (Wildman–Crippen LogP) is 3.87. The molecule has 0 aliphatic heterocycles. The van der Waals surface area contributed by atoms with E-state index in [2.05, 4.69) is 62.6 Å². The molecule has 36 heavy (non-hydrogen) atoms. The Kier molecular flexibility index (Phi) is 6.40. The summed E-state index contributed by atoms with van der Waals surface area (Å²) < 4.78 is 77.3. The number of halogens is 4. The van der Waals surface area contributed by atoms with E-state index < -0.39 is 15.6 Å². The molecule has 188 valence electrons. The minimum Gasteiger partial charge on any atom is -0.741 e. The number of hydrogen-bond donors (Lipinski definition) is 0. The smallest absolute Gasteiger partial charge is 0.485 e. The largest absolute Gasteiger partial charge is 0.741 e. The molecule has 0 aliphatic carbocycles. The van der Waals surface area contributed by atoms with Gasteiger partial charge in [0.15, 0.2) is 17.2 Å². The summed E-state index contributed by atoms with van der Waals surface area (Å²) in [5.74, 6) is -0.217. The summed E-state index contributed by atoms with van der Waals surface area (Å²) in [5, 5.41) is 3.13. The first kappa shape index (κ1) is 25.4. The molecule has 0 amide bonds. The Morgan fingerprint density at radius 2 is 1.58 bits per heavy atom. The van der Waals surface area contributed by atoms with Gasteiger partial charge in [0.2, 0.25) is 5.52 Å². The highest BCUT2D eigenvalue weighted by Crippen LogP contribution is 2.23. The summed E-state index contributed by atoms with van der Waals surface area (Å²) in [6.45, 7) is 0. The van der Waals surface area contributed by atoms with E-state index >= 15 is 0 Å². The van der Waals surface area contributed by atoms with Crippen LogP contribution >= 0.6 is 0 Å². The summed E-state index contributed by atoms with van der Waals surface area (Å²) in [4.78, 5) is 2.08. The van der Waals surface area contributed by atoms with Gasteiger partial charge in [-0.05, 0) is 48.0 Å². The van der Waals surface area contributed by atoms with Gasteiger partial charge in [-0.2, -0.15) is 13.2 Å². The Bertz CT molecular complexity index is 1740. The quantitative estimate of drug-likeness (QED) is 0.154. The first-order valence-electron chi connectivity index (χ1n) is 10.6. The molecule has 11 heteroatoms. The first-order chi connectivity index (χ1) is 16.8. The van der Waals surface area contributed by atoms with Crippen molar-refractivity contribution in [1.82, 2.24) is 4.52 Å². The van der Waals surface area contributed by atoms with Crippen LogP contribution in [0.1, 0.15) is 5.56 Å². The van der Waals surface area contributed by atoms with Gasteiger partial charge in [0.05, 0.1) is 5.39 Å². The average molecular weight is 520 g/mol. The second kappa shape index (κ2) is 9.07. The number of hydrogen-bond acceptors (Lipinski definition) is 4. The number of fused-ring (bicyclic) bond motifs is 5. The molecule has 5 aromatic rings. The van der Waals surface area contributed by atoms with E-state index in [0.29, 0.717) is 0 Å². The molecule has 0 saturated heterocycles. The van der Waals surface area contributed by atoms with E-state index in [1.165, 1.54) is 6.07 Å². The van der Waals surface area contributed by atoms with Crippen LogP contribution in [-0.2, 0) is 17.2 Å². The average Bonchev–Trinajstić information content (AvgIpc) is 3.26. The maximum atomic E-state index is 14.1. The zero-order chi connectivity index (χ0) is 26.4. The van der Waals surface area contributed by atoms with Crippen molar-refractivity contribution in [3.8, 4) is 0 Å². The van der Waals surface area contributed by atoms with Gasteiger partial charge in [-0.1, -0.05) is 24.3 Å². The molecule has 0 radical (unpaired) electrons. The van der Waals surface area contributed by atoms with Crippen LogP contribution < -0.4 is 14.8 Å². The molecule has 0 unspecified atom stereocenters. The van der Waals surface area contributed by atoms with Gasteiger partial charge in [0.25, 0.3) is 0 Å². The zero-order valence-electron chi connectivity index (χ0n) is 19.4. The van der Waals surface area contributed by atoms with E-state index in [1.807, 2.05) is 33.3 Å². The van der Waals surface area contributed by atoms with Crippen LogP contribution in [0.15, 0.2) is 66.7 Å². The van der Waals surface area contributed by atoms with Gasteiger partial charge < -0.3 is 9.45 Å². The number of benzene rings is 3. The summed E-state index contributed by atoms with van der Waals surface area (Å²) in [5.41, 5.74) is -0.132. The molecule has 0 atom stereocenters. The van der Waals surface area contributed by atoms with E-state index in [9.17, 15) is 17.6 Å². The number of nitrogens with zero attached hydrogens (tertiary/aromatic N) is 3. The van der Waals surface area contributed by atoms with E-state index in [-0.39, 0.29) is 5.82 Å². The van der Waals surface area contributed by atoms with Crippen molar-refractivity contribution in [2.75, 3.05) is 19.0 Å². The third-order valence-electron chi connectivity index (χ3n) is 5.76. The summed E-state index contributed by atoms with van der Waals surface area (Å²) >= 11 is 0. The lowest BCUT2D eigenvalue weighted by molar-refractivity contribution is -0.711. The van der Waals surface area contributed by atoms with E-state index in [0.717, 1.165) is 43.8 Å². The number of aromatic nitrogens is 2.